The molecule has 1 aromatic carbocycles. The van der Waals surface area contributed by atoms with E-state index in [9.17, 15) is 14.7 Å². The summed E-state index contributed by atoms with van der Waals surface area (Å²) in [4.78, 5) is 25.6. The van der Waals surface area contributed by atoms with Crippen molar-refractivity contribution in [2.75, 3.05) is 6.61 Å². The van der Waals surface area contributed by atoms with Gasteiger partial charge in [0.05, 0.1) is 12.6 Å². The van der Waals surface area contributed by atoms with Crippen LogP contribution in [0.25, 0.3) is 0 Å². The van der Waals surface area contributed by atoms with E-state index >= 15 is 0 Å². The third kappa shape index (κ3) is 5.22. The molecular weight excluding hydrogens is 338 g/mol. The minimum absolute atomic E-state index is 0.0433. The number of benzene rings is 1. The van der Waals surface area contributed by atoms with E-state index in [0.29, 0.717) is 18.6 Å². The fraction of sp³-hybridized carbons (Fsp3) is 0.579. The van der Waals surface area contributed by atoms with E-state index in [0.717, 1.165) is 19.3 Å². The number of carboxylic acid groups (broad SMARTS) is 1. The van der Waals surface area contributed by atoms with Crippen LogP contribution in [0.2, 0.25) is 0 Å². The van der Waals surface area contributed by atoms with Crippen LogP contribution in [0.3, 0.4) is 0 Å². The predicted molar refractivity (Wildman–Crippen MR) is 100.0 cm³/mol. The van der Waals surface area contributed by atoms with Crippen LogP contribution in [0.15, 0.2) is 30.3 Å². The lowest BCUT2D eigenvalue weighted by molar-refractivity contribution is -0.0421. The van der Waals surface area contributed by atoms with Crippen molar-refractivity contribution in [1.29, 1.82) is 0 Å². The number of nitrogens with zero attached hydrogens (tertiary/aromatic N) is 1. The fourth-order valence-corrected chi connectivity index (χ4v) is 4.38. The molecular formula is C19H27NO4S. The number of carbonyl (C=O) groups excluding carboxylic acids is 1. The van der Waals surface area contributed by atoms with Crippen LogP contribution in [0, 0.1) is 0 Å². The van der Waals surface area contributed by atoms with E-state index in [2.05, 4.69) is 6.92 Å². The van der Waals surface area contributed by atoms with E-state index in [1.54, 1.807) is 13.8 Å². The molecule has 1 amide bonds. The van der Waals surface area contributed by atoms with E-state index in [4.69, 9.17) is 4.74 Å². The summed E-state index contributed by atoms with van der Waals surface area (Å²) in [5.74, 6) is 0. The number of thioether (sulfide) groups is 1. The number of rotatable bonds is 7. The molecule has 0 spiro atoms. The third-order valence-electron chi connectivity index (χ3n) is 4.48. The summed E-state index contributed by atoms with van der Waals surface area (Å²) in [6.07, 6.45) is 2.61. The summed E-state index contributed by atoms with van der Waals surface area (Å²) < 4.78 is 5.67. The molecule has 1 N–H and O–H groups in total. The first-order chi connectivity index (χ1) is 11.8. The van der Waals surface area contributed by atoms with Crippen LogP contribution < -0.4 is 0 Å². The van der Waals surface area contributed by atoms with Crippen molar-refractivity contribution in [1.82, 2.24) is 4.90 Å². The predicted octanol–water partition coefficient (Wildman–Crippen LogP) is 4.62. The molecule has 1 aliphatic heterocycles. The average Bonchev–Trinajstić information content (AvgIpc) is 2.87. The van der Waals surface area contributed by atoms with Crippen LogP contribution in [0.4, 0.5) is 4.79 Å². The van der Waals surface area contributed by atoms with Gasteiger partial charge in [0.2, 0.25) is 5.12 Å². The second-order valence-electron chi connectivity index (χ2n) is 6.84. The molecule has 6 heteroatoms. The molecule has 138 valence electrons. The standard InChI is InChI=1S/C19H27NO4S/c1-4-5-11-16(25-17(21)14-9-7-6-8-10-14)12-15-13-24-19(2,3)20(15)18(22)23/h6-10,15-16H,4-5,11-13H2,1-3H3,(H,22,23)/t15-,16?/m0/s1. The van der Waals surface area contributed by atoms with Crippen LogP contribution in [-0.4, -0.2) is 44.8 Å². The highest BCUT2D eigenvalue weighted by Gasteiger charge is 2.44. The Hall–Kier alpha value is -1.53. The first-order valence-corrected chi connectivity index (χ1v) is 9.65. The van der Waals surface area contributed by atoms with Gasteiger partial charge in [-0.3, -0.25) is 9.69 Å². The fourth-order valence-electron chi connectivity index (χ4n) is 3.20. The molecule has 1 aliphatic rings. The van der Waals surface area contributed by atoms with Gasteiger partial charge in [-0.15, -0.1) is 0 Å². The van der Waals surface area contributed by atoms with Crippen LogP contribution in [0.5, 0.6) is 0 Å². The van der Waals surface area contributed by atoms with Gasteiger partial charge in [0, 0.05) is 10.8 Å². The van der Waals surface area contributed by atoms with Crippen LogP contribution in [-0.2, 0) is 4.74 Å². The smallest absolute Gasteiger partial charge is 0.409 e. The van der Waals surface area contributed by atoms with E-state index in [1.807, 2.05) is 30.3 Å². The van der Waals surface area contributed by atoms with Gasteiger partial charge in [0.15, 0.2) is 0 Å². The molecule has 1 unspecified atom stereocenters. The monoisotopic (exact) mass is 365 g/mol. The summed E-state index contributed by atoms with van der Waals surface area (Å²) in [6.45, 7) is 6.03. The Labute approximate surface area is 153 Å². The molecule has 0 saturated carbocycles. The number of hydrogen-bond acceptors (Lipinski definition) is 4. The van der Waals surface area contributed by atoms with Crippen molar-refractivity contribution in [3.63, 3.8) is 0 Å². The molecule has 25 heavy (non-hydrogen) atoms. The van der Waals surface area contributed by atoms with Gasteiger partial charge in [0.25, 0.3) is 0 Å². The number of hydrogen-bond donors (Lipinski definition) is 1. The van der Waals surface area contributed by atoms with Gasteiger partial charge in [-0.25, -0.2) is 4.79 Å². The van der Waals surface area contributed by atoms with Gasteiger partial charge < -0.3 is 9.84 Å². The van der Waals surface area contributed by atoms with Crippen LogP contribution in [0.1, 0.15) is 56.8 Å². The Bertz CT molecular complexity index is 590. The maximum absolute atomic E-state index is 12.5. The Morgan fingerprint density at radius 3 is 2.64 bits per heavy atom. The summed E-state index contributed by atoms with van der Waals surface area (Å²) in [5.41, 5.74) is -0.132. The van der Waals surface area contributed by atoms with Crippen molar-refractivity contribution in [2.24, 2.45) is 0 Å². The summed E-state index contributed by atoms with van der Waals surface area (Å²) in [7, 11) is 0. The molecule has 0 aliphatic carbocycles. The molecule has 1 heterocycles. The first kappa shape index (κ1) is 19.8. The lowest BCUT2D eigenvalue weighted by atomic mass is 10.1. The minimum Gasteiger partial charge on any atom is -0.465 e. The largest absolute Gasteiger partial charge is 0.465 e. The number of ether oxygens (including phenoxy) is 1. The van der Waals surface area contributed by atoms with E-state index in [-0.39, 0.29) is 16.4 Å². The maximum Gasteiger partial charge on any atom is 0.409 e. The van der Waals surface area contributed by atoms with Crippen LogP contribution >= 0.6 is 11.8 Å². The molecule has 2 atom stereocenters. The van der Waals surface area contributed by atoms with Gasteiger partial charge in [-0.2, -0.15) is 0 Å². The number of carbonyl (C=O) groups is 2. The van der Waals surface area contributed by atoms with Gasteiger partial charge in [-0.05, 0) is 26.7 Å². The van der Waals surface area contributed by atoms with E-state index in [1.165, 1.54) is 16.7 Å². The SMILES string of the molecule is CCCCC(C[C@H]1COC(C)(C)N1C(=O)O)SC(=O)c1ccccc1. The first-order valence-electron chi connectivity index (χ1n) is 8.77. The van der Waals surface area contributed by atoms with Gasteiger partial charge in [0.1, 0.15) is 5.72 Å². The molecule has 0 bridgehead atoms. The highest BCUT2D eigenvalue weighted by atomic mass is 32.2. The molecule has 0 aromatic heterocycles. The Kier molecular flexibility index (Phi) is 6.90. The van der Waals surface area contributed by atoms with Crippen molar-refractivity contribution in [3.05, 3.63) is 35.9 Å². The molecule has 1 saturated heterocycles. The normalized spacial score (nSPS) is 20.4. The third-order valence-corrected chi connectivity index (χ3v) is 5.69. The minimum atomic E-state index is -0.971. The number of unbranched alkanes of at least 4 members (excludes halogenated alkanes) is 1. The average molecular weight is 365 g/mol. The molecule has 2 rings (SSSR count). The lowest BCUT2D eigenvalue weighted by Crippen LogP contribution is -2.47. The lowest BCUT2D eigenvalue weighted by Gasteiger charge is -2.32. The molecule has 0 radical (unpaired) electrons. The zero-order valence-electron chi connectivity index (χ0n) is 15.1. The van der Waals surface area contributed by atoms with Gasteiger partial charge in [-0.1, -0.05) is 61.9 Å². The summed E-state index contributed by atoms with van der Waals surface area (Å²) >= 11 is 1.32. The zero-order valence-corrected chi connectivity index (χ0v) is 15.9. The van der Waals surface area contributed by atoms with E-state index < -0.39 is 11.8 Å². The Morgan fingerprint density at radius 1 is 1.36 bits per heavy atom. The molecule has 1 fully saturated rings. The highest BCUT2D eigenvalue weighted by molar-refractivity contribution is 8.14. The maximum atomic E-state index is 12.5. The van der Waals surface area contributed by atoms with Crippen molar-refractivity contribution < 1.29 is 19.4 Å². The molecule has 5 nitrogen and oxygen atoms in total. The molecule has 1 aromatic rings. The topological polar surface area (TPSA) is 66.8 Å². The van der Waals surface area contributed by atoms with Gasteiger partial charge >= 0.3 is 6.09 Å². The van der Waals surface area contributed by atoms with Crippen molar-refractivity contribution in [2.45, 2.75) is 63.5 Å². The quantitative estimate of drug-likeness (QED) is 0.763. The Morgan fingerprint density at radius 2 is 2.04 bits per heavy atom. The van der Waals surface area contributed by atoms with Crippen molar-refractivity contribution in [3.8, 4) is 0 Å². The Balaban J connectivity index is 2.07. The summed E-state index contributed by atoms with van der Waals surface area (Å²) in [6, 6.07) is 9.02. The summed E-state index contributed by atoms with van der Waals surface area (Å²) in [5, 5.41) is 9.66. The second-order valence-corrected chi connectivity index (χ2v) is 8.11. The van der Waals surface area contributed by atoms with Crippen molar-refractivity contribution >= 4 is 23.0 Å². The number of amides is 1. The zero-order chi connectivity index (χ0) is 18.4. The second kappa shape index (κ2) is 8.72. The highest BCUT2D eigenvalue weighted by Crippen LogP contribution is 2.34.